The number of rotatable bonds is 9. The standard InChI is InChI=1S/C14H19N5OS/c1-3-4-6-14(18-19-14)7-5-12(20)15-8-9-16-13-17-11(2)10-21-13/h1,10H,4-9H2,2H3,(H,15,20)(H,16,17). The minimum Gasteiger partial charge on any atom is -0.360 e. The molecule has 21 heavy (non-hydrogen) atoms. The second kappa shape index (κ2) is 7.18. The molecule has 1 amide bonds. The van der Waals surface area contributed by atoms with E-state index in [1.165, 1.54) is 0 Å². The summed E-state index contributed by atoms with van der Waals surface area (Å²) in [6.07, 6.45) is 7.67. The number of thiazole rings is 1. The van der Waals surface area contributed by atoms with Crippen molar-refractivity contribution in [2.75, 3.05) is 18.4 Å². The lowest BCUT2D eigenvalue weighted by Gasteiger charge is -2.09. The lowest BCUT2D eigenvalue weighted by atomic mass is 10.0. The molecule has 0 saturated heterocycles. The van der Waals surface area contributed by atoms with E-state index in [2.05, 4.69) is 31.8 Å². The molecule has 6 nitrogen and oxygen atoms in total. The second-order valence-electron chi connectivity index (χ2n) is 4.96. The summed E-state index contributed by atoms with van der Waals surface area (Å²) in [6, 6.07) is 0. The quantitative estimate of drug-likeness (QED) is 0.543. The van der Waals surface area contributed by atoms with E-state index in [9.17, 15) is 4.79 Å². The number of carbonyl (C=O) groups excluding carboxylic acids is 1. The van der Waals surface area contributed by atoms with Crippen molar-refractivity contribution >= 4 is 22.4 Å². The van der Waals surface area contributed by atoms with Gasteiger partial charge in [-0.15, -0.1) is 23.7 Å². The van der Waals surface area contributed by atoms with Gasteiger partial charge in [-0.25, -0.2) is 4.98 Å². The summed E-state index contributed by atoms with van der Waals surface area (Å²) in [7, 11) is 0. The highest BCUT2D eigenvalue weighted by Gasteiger charge is 2.39. The van der Waals surface area contributed by atoms with Crippen molar-refractivity contribution in [2.24, 2.45) is 10.2 Å². The summed E-state index contributed by atoms with van der Waals surface area (Å²) in [6.45, 7) is 3.19. The first-order valence-electron chi connectivity index (χ1n) is 6.94. The van der Waals surface area contributed by atoms with Gasteiger partial charge in [0.25, 0.3) is 0 Å². The lowest BCUT2D eigenvalue weighted by Crippen LogP contribution is -2.29. The fourth-order valence-corrected chi connectivity index (χ4v) is 2.59. The van der Waals surface area contributed by atoms with Gasteiger partial charge < -0.3 is 10.6 Å². The van der Waals surface area contributed by atoms with Crippen LogP contribution in [0.25, 0.3) is 0 Å². The maximum absolute atomic E-state index is 11.7. The highest BCUT2D eigenvalue weighted by Crippen LogP contribution is 2.37. The van der Waals surface area contributed by atoms with E-state index in [0.717, 1.165) is 17.2 Å². The maximum atomic E-state index is 11.7. The highest BCUT2D eigenvalue weighted by atomic mass is 32.1. The van der Waals surface area contributed by atoms with Crippen LogP contribution in [0, 0.1) is 19.3 Å². The van der Waals surface area contributed by atoms with Gasteiger partial charge in [-0.2, -0.15) is 10.2 Å². The molecule has 2 heterocycles. The van der Waals surface area contributed by atoms with Crippen molar-refractivity contribution in [3.05, 3.63) is 11.1 Å². The molecule has 112 valence electrons. The van der Waals surface area contributed by atoms with Crippen molar-refractivity contribution < 1.29 is 4.79 Å². The van der Waals surface area contributed by atoms with Crippen LogP contribution in [0.2, 0.25) is 0 Å². The minimum atomic E-state index is -0.375. The molecule has 0 bridgehead atoms. The van der Waals surface area contributed by atoms with Crippen LogP contribution in [0.1, 0.15) is 31.4 Å². The fourth-order valence-electron chi connectivity index (χ4n) is 1.88. The molecule has 1 aliphatic rings. The molecular formula is C14H19N5OS. The second-order valence-corrected chi connectivity index (χ2v) is 5.82. The third-order valence-corrected chi connectivity index (χ3v) is 4.07. The van der Waals surface area contributed by atoms with Crippen LogP contribution in [0.15, 0.2) is 15.6 Å². The van der Waals surface area contributed by atoms with Crippen molar-refractivity contribution in [2.45, 2.75) is 38.3 Å². The Morgan fingerprint density at radius 2 is 2.24 bits per heavy atom. The van der Waals surface area contributed by atoms with Gasteiger partial charge in [0, 0.05) is 44.2 Å². The zero-order valence-corrected chi connectivity index (χ0v) is 12.9. The van der Waals surface area contributed by atoms with Crippen LogP contribution in [-0.4, -0.2) is 29.6 Å². The average molecular weight is 305 g/mol. The van der Waals surface area contributed by atoms with Gasteiger partial charge in [0.05, 0.1) is 5.69 Å². The first-order valence-corrected chi connectivity index (χ1v) is 7.82. The smallest absolute Gasteiger partial charge is 0.220 e. The van der Waals surface area contributed by atoms with E-state index in [0.29, 0.717) is 32.4 Å². The lowest BCUT2D eigenvalue weighted by molar-refractivity contribution is -0.121. The van der Waals surface area contributed by atoms with E-state index in [1.807, 2.05) is 12.3 Å². The molecule has 0 aromatic carbocycles. The normalized spacial score (nSPS) is 14.5. The first-order chi connectivity index (χ1) is 10.1. The van der Waals surface area contributed by atoms with Crippen LogP contribution in [0.5, 0.6) is 0 Å². The van der Waals surface area contributed by atoms with Crippen molar-refractivity contribution in [1.82, 2.24) is 10.3 Å². The van der Waals surface area contributed by atoms with E-state index in [1.54, 1.807) is 11.3 Å². The first kappa shape index (κ1) is 15.4. The number of hydrogen-bond acceptors (Lipinski definition) is 6. The molecular weight excluding hydrogens is 286 g/mol. The Balaban J connectivity index is 1.55. The minimum absolute atomic E-state index is 0.0181. The van der Waals surface area contributed by atoms with Crippen molar-refractivity contribution in [3.63, 3.8) is 0 Å². The molecule has 2 rings (SSSR count). The molecule has 0 unspecified atom stereocenters. The molecule has 0 radical (unpaired) electrons. The van der Waals surface area contributed by atoms with E-state index < -0.39 is 0 Å². The van der Waals surface area contributed by atoms with E-state index in [-0.39, 0.29) is 11.6 Å². The molecule has 2 N–H and O–H groups in total. The Morgan fingerprint density at radius 1 is 1.43 bits per heavy atom. The van der Waals surface area contributed by atoms with Crippen LogP contribution in [-0.2, 0) is 4.79 Å². The third-order valence-electron chi connectivity index (χ3n) is 3.15. The number of aryl methyl sites for hydroxylation is 1. The molecule has 0 aliphatic carbocycles. The van der Waals surface area contributed by atoms with Gasteiger partial charge in [-0.3, -0.25) is 4.79 Å². The maximum Gasteiger partial charge on any atom is 0.220 e. The van der Waals surface area contributed by atoms with E-state index in [4.69, 9.17) is 6.42 Å². The molecule has 0 atom stereocenters. The molecule has 1 aromatic rings. The monoisotopic (exact) mass is 305 g/mol. The third kappa shape index (κ3) is 5.16. The average Bonchev–Trinajstić information content (AvgIpc) is 3.14. The summed E-state index contributed by atoms with van der Waals surface area (Å²) >= 11 is 1.56. The van der Waals surface area contributed by atoms with Gasteiger partial charge in [0.1, 0.15) is 0 Å². The SMILES string of the molecule is C#CCCC1(CCC(=O)NCCNc2nc(C)cs2)N=N1. The number of nitrogens with zero attached hydrogens (tertiary/aromatic N) is 3. The number of nitrogens with one attached hydrogen (secondary N) is 2. The number of carbonyl (C=O) groups is 1. The van der Waals surface area contributed by atoms with Gasteiger partial charge in [-0.05, 0) is 6.92 Å². The van der Waals surface area contributed by atoms with Gasteiger partial charge in [0.15, 0.2) is 10.8 Å². The zero-order valence-electron chi connectivity index (χ0n) is 12.1. The molecule has 1 aromatic heterocycles. The van der Waals surface area contributed by atoms with Gasteiger partial charge in [-0.1, -0.05) is 0 Å². The molecule has 0 fully saturated rings. The Labute approximate surface area is 128 Å². The Morgan fingerprint density at radius 3 is 2.86 bits per heavy atom. The summed E-state index contributed by atoms with van der Waals surface area (Å²) in [4.78, 5) is 16.0. The molecule has 1 aliphatic heterocycles. The number of aromatic nitrogens is 1. The largest absolute Gasteiger partial charge is 0.360 e. The summed E-state index contributed by atoms with van der Waals surface area (Å²) in [5, 5.41) is 16.9. The van der Waals surface area contributed by atoms with Crippen LogP contribution in [0.4, 0.5) is 5.13 Å². The van der Waals surface area contributed by atoms with E-state index >= 15 is 0 Å². The number of amides is 1. The molecule has 0 spiro atoms. The predicted molar refractivity (Wildman–Crippen MR) is 83.2 cm³/mol. The Bertz CT molecular complexity index is 554. The predicted octanol–water partition coefficient (Wildman–Crippen LogP) is 2.34. The Hall–Kier alpha value is -1.94. The molecule has 0 saturated carbocycles. The van der Waals surface area contributed by atoms with Gasteiger partial charge >= 0.3 is 0 Å². The topological polar surface area (TPSA) is 78.7 Å². The fraction of sp³-hybridized carbons (Fsp3) is 0.571. The summed E-state index contributed by atoms with van der Waals surface area (Å²) < 4.78 is 0. The van der Waals surface area contributed by atoms with Crippen LogP contribution >= 0.6 is 11.3 Å². The molecule has 7 heteroatoms. The highest BCUT2D eigenvalue weighted by molar-refractivity contribution is 7.13. The van der Waals surface area contributed by atoms with Crippen molar-refractivity contribution in [1.29, 1.82) is 0 Å². The van der Waals surface area contributed by atoms with Gasteiger partial charge in [0.2, 0.25) is 5.91 Å². The number of terminal acetylenes is 1. The van der Waals surface area contributed by atoms with Crippen LogP contribution in [0.3, 0.4) is 0 Å². The number of hydrogen-bond donors (Lipinski definition) is 2. The van der Waals surface area contributed by atoms with Crippen molar-refractivity contribution in [3.8, 4) is 12.3 Å². The number of anilines is 1. The Kier molecular flexibility index (Phi) is 5.28. The summed E-state index contributed by atoms with van der Waals surface area (Å²) in [5.74, 6) is 2.59. The van der Waals surface area contributed by atoms with Crippen LogP contribution < -0.4 is 10.6 Å². The zero-order chi connectivity index (χ0) is 15.1. The summed E-state index contributed by atoms with van der Waals surface area (Å²) in [5.41, 5.74) is 0.626.